The highest BCUT2D eigenvalue weighted by Crippen LogP contribution is 2.15. The molecule has 15 heavy (non-hydrogen) atoms. The highest BCUT2D eigenvalue weighted by Gasteiger charge is 2.19. The summed E-state index contributed by atoms with van der Waals surface area (Å²) in [5.41, 5.74) is 0.927. The van der Waals surface area contributed by atoms with Crippen LogP contribution in [0, 0.1) is 0 Å². The van der Waals surface area contributed by atoms with Crippen molar-refractivity contribution in [3.8, 4) is 5.75 Å². The summed E-state index contributed by atoms with van der Waals surface area (Å²) < 4.78 is 27.9. The van der Waals surface area contributed by atoms with Crippen molar-refractivity contribution in [1.82, 2.24) is 0 Å². The molecule has 1 aliphatic heterocycles. The molecule has 0 atom stereocenters. The van der Waals surface area contributed by atoms with Crippen LogP contribution in [0.4, 0.5) is 0 Å². The van der Waals surface area contributed by atoms with Gasteiger partial charge in [0.2, 0.25) is 9.84 Å². The molecule has 4 nitrogen and oxygen atoms in total. The van der Waals surface area contributed by atoms with E-state index in [1.807, 2.05) is 18.2 Å². The monoisotopic (exact) mass is 223 g/mol. The normalized spacial score (nSPS) is 17.5. The maximum atomic E-state index is 11.3. The first-order valence-corrected chi connectivity index (χ1v) is 5.88. The first kappa shape index (κ1) is 9.92. The number of para-hydroxylation sites is 1. The minimum atomic E-state index is -3.31. The Morgan fingerprint density at radius 2 is 1.93 bits per heavy atom. The van der Waals surface area contributed by atoms with Crippen molar-refractivity contribution in [1.29, 1.82) is 0 Å². The highest BCUT2D eigenvalue weighted by atomic mass is 32.2. The van der Waals surface area contributed by atoms with Gasteiger partial charge < -0.3 is 4.74 Å². The Bertz CT molecular complexity index is 503. The summed E-state index contributed by atoms with van der Waals surface area (Å²) >= 11 is 0. The van der Waals surface area contributed by atoms with E-state index in [1.54, 1.807) is 12.1 Å². The molecule has 1 aliphatic rings. The lowest BCUT2D eigenvalue weighted by molar-refractivity contribution is 0.358. The van der Waals surface area contributed by atoms with Crippen LogP contribution >= 0.6 is 0 Å². The standard InChI is InChI=1S/C10H9NO3S/c12-15(13)8-11-6-10(15)7-14-9-4-2-1-3-5-9/h1-6,8H,7H2. The van der Waals surface area contributed by atoms with Crippen molar-refractivity contribution in [2.45, 2.75) is 0 Å². The van der Waals surface area contributed by atoms with Crippen LogP contribution in [0.15, 0.2) is 46.4 Å². The smallest absolute Gasteiger partial charge is 0.217 e. The fourth-order valence-corrected chi connectivity index (χ4v) is 1.91. The topological polar surface area (TPSA) is 55.7 Å². The van der Waals surface area contributed by atoms with E-state index in [1.165, 1.54) is 6.20 Å². The molecule has 1 aromatic rings. The summed E-state index contributed by atoms with van der Waals surface area (Å²) in [5, 5.41) is 0. The first-order valence-electron chi connectivity index (χ1n) is 4.34. The van der Waals surface area contributed by atoms with Gasteiger partial charge in [0.25, 0.3) is 0 Å². The van der Waals surface area contributed by atoms with Crippen LogP contribution in [0.25, 0.3) is 0 Å². The van der Waals surface area contributed by atoms with Gasteiger partial charge in [0, 0.05) is 6.20 Å². The summed E-state index contributed by atoms with van der Waals surface area (Å²) in [5.74, 6) is 0.639. The molecule has 0 aromatic heterocycles. The zero-order valence-electron chi connectivity index (χ0n) is 7.83. The second-order valence-electron chi connectivity index (χ2n) is 3.00. The van der Waals surface area contributed by atoms with E-state index in [0.29, 0.717) is 5.75 Å². The Balaban J connectivity index is 2.02. The average molecular weight is 223 g/mol. The predicted molar refractivity (Wildman–Crippen MR) is 57.4 cm³/mol. The third-order valence-electron chi connectivity index (χ3n) is 1.91. The van der Waals surface area contributed by atoms with E-state index in [9.17, 15) is 8.42 Å². The van der Waals surface area contributed by atoms with E-state index in [2.05, 4.69) is 4.99 Å². The Hall–Kier alpha value is -1.62. The van der Waals surface area contributed by atoms with Gasteiger partial charge in [-0.25, -0.2) is 8.42 Å². The van der Waals surface area contributed by atoms with Gasteiger partial charge in [-0.05, 0) is 12.1 Å². The van der Waals surface area contributed by atoms with Crippen LogP contribution < -0.4 is 4.74 Å². The molecule has 78 valence electrons. The maximum Gasteiger partial charge on any atom is 0.217 e. The van der Waals surface area contributed by atoms with Gasteiger partial charge in [0.15, 0.2) is 0 Å². The zero-order chi connectivity index (χ0) is 10.7. The summed E-state index contributed by atoms with van der Waals surface area (Å²) in [7, 11) is -3.31. The number of ether oxygens (including phenoxy) is 1. The van der Waals surface area contributed by atoms with Gasteiger partial charge in [-0.1, -0.05) is 18.2 Å². The van der Waals surface area contributed by atoms with Gasteiger partial charge in [0.1, 0.15) is 22.8 Å². The molecule has 0 amide bonds. The van der Waals surface area contributed by atoms with E-state index in [4.69, 9.17) is 4.74 Å². The van der Waals surface area contributed by atoms with Crippen LogP contribution in [0.1, 0.15) is 0 Å². The van der Waals surface area contributed by atoms with Crippen molar-refractivity contribution in [3.63, 3.8) is 0 Å². The van der Waals surface area contributed by atoms with Crippen molar-refractivity contribution < 1.29 is 13.2 Å². The molecule has 5 heteroatoms. The lowest BCUT2D eigenvalue weighted by atomic mass is 10.3. The Labute approximate surface area is 87.8 Å². The van der Waals surface area contributed by atoms with Gasteiger partial charge in [-0.2, -0.15) is 0 Å². The Morgan fingerprint density at radius 3 is 2.53 bits per heavy atom. The van der Waals surface area contributed by atoms with Crippen LogP contribution in [0.3, 0.4) is 0 Å². The summed E-state index contributed by atoms with van der Waals surface area (Å²) in [4.78, 5) is 3.76. The van der Waals surface area contributed by atoms with Gasteiger partial charge in [0.05, 0.1) is 0 Å². The second kappa shape index (κ2) is 3.86. The van der Waals surface area contributed by atoms with E-state index in [-0.39, 0.29) is 11.5 Å². The van der Waals surface area contributed by atoms with E-state index in [0.717, 1.165) is 5.55 Å². The molecule has 0 bridgehead atoms. The molecule has 0 aliphatic carbocycles. The second-order valence-corrected chi connectivity index (χ2v) is 4.82. The number of rotatable bonds is 3. The highest BCUT2D eigenvalue weighted by molar-refractivity contribution is 8.08. The lowest BCUT2D eigenvalue weighted by Crippen LogP contribution is -2.09. The molecule has 0 N–H and O–H groups in total. The molecule has 0 radical (unpaired) electrons. The first-order chi connectivity index (χ1) is 7.18. The van der Waals surface area contributed by atoms with Crippen molar-refractivity contribution >= 4 is 15.4 Å². The molecule has 0 unspecified atom stereocenters. The molecule has 2 rings (SSSR count). The largest absolute Gasteiger partial charge is 0.488 e. The minimum Gasteiger partial charge on any atom is -0.488 e. The summed E-state index contributed by atoms with van der Waals surface area (Å²) in [6.07, 6.45) is 1.30. The Kier molecular flexibility index (Phi) is 2.55. The SMILES string of the molecule is O=S1(=O)C=NC=C1COc1ccccc1. The van der Waals surface area contributed by atoms with Crippen molar-refractivity contribution in [2.24, 2.45) is 4.99 Å². The molecular formula is C10H9NO3S. The molecule has 1 aromatic carbocycles. The average Bonchev–Trinajstić information content (AvgIpc) is 2.56. The summed E-state index contributed by atoms with van der Waals surface area (Å²) in [6.45, 7) is 0.0202. The number of nitrogens with zero attached hydrogens (tertiary/aromatic N) is 1. The van der Waals surface area contributed by atoms with Gasteiger partial charge in [-0.3, -0.25) is 4.99 Å². The molecule has 0 spiro atoms. The number of sulfone groups is 1. The Morgan fingerprint density at radius 1 is 1.20 bits per heavy atom. The third-order valence-corrected chi connectivity index (χ3v) is 3.26. The molecule has 0 saturated carbocycles. The number of hydrogen-bond donors (Lipinski definition) is 0. The molecule has 1 heterocycles. The molecular weight excluding hydrogens is 214 g/mol. The van der Waals surface area contributed by atoms with Crippen LogP contribution in [0.5, 0.6) is 5.75 Å². The van der Waals surface area contributed by atoms with Gasteiger partial charge >= 0.3 is 0 Å². The van der Waals surface area contributed by atoms with E-state index >= 15 is 0 Å². The van der Waals surface area contributed by atoms with Crippen LogP contribution in [-0.4, -0.2) is 20.6 Å². The van der Waals surface area contributed by atoms with Crippen molar-refractivity contribution in [2.75, 3.05) is 6.61 Å². The fraction of sp³-hybridized carbons (Fsp3) is 0.100. The maximum absolute atomic E-state index is 11.3. The quantitative estimate of drug-likeness (QED) is 0.777. The van der Waals surface area contributed by atoms with Crippen LogP contribution in [-0.2, 0) is 9.84 Å². The lowest BCUT2D eigenvalue weighted by Gasteiger charge is -2.05. The minimum absolute atomic E-state index is 0.0202. The molecule has 0 saturated heterocycles. The predicted octanol–water partition coefficient (Wildman–Crippen LogP) is 1.36. The molecule has 0 fully saturated rings. The third kappa shape index (κ3) is 2.24. The van der Waals surface area contributed by atoms with Gasteiger partial charge in [-0.15, -0.1) is 0 Å². The fourth-order valence-electron chi connectivity index (χ4n) is 1.13. The number of aliphatic imine (C=N–C) groups is 1. The number of benzene rings is 1. The van der Waals surface area contributed by atoms with Crippen LogP contribution in [0.2, 0.25) is 0 Å². The summed E-state index contributed by atoms with van der Waals surface area (Å²) in [6, 6.07) is 9.04. The zero-order valence-corrected chi connectivity index (χ0v) is 8.65. The van der Waals surface area contributed by atoms with E-state index < -0.39 is 9.84 Å². The van der Waals surface area contributed by atoms with Crippen molar-refractivity contribution in [3.05, 3.63) is 41.4 Å². The number of hydrogen-bond acceptors (Lipinski definition) is 4.